The molecule has 1 aromatic rings. The minimum absolute atomic E-state index is 0.0308. The fraction of sp³-hybridized carbons (Fsp3) is 0.333. The zero-order chi connectivity index (χ0) is 13.7. The van der Waals surface area contributed by atoms with E-state index >= 15 is 0 Å². The fourth-order valence-corrected chi connectivity index (χ4v) is 2.07. The van der Waals surface area contributed by atoms with E-state index in [1.807, 2.05) is 0 Å². The highest BCUT2D eigenvalue weighted by atomic mass is 35.5. The van der Waals surface area contributed by atoms with Gasteiger partial charge in [0.1, 0.15) is 17.1 Å². The number of benzene rings is 1. The Kier molecular flexibility index (Phi) is 2.77. The fourth-order valence-electron chi connectivity index (χ4n) is 1.82. The zero-order valence-corrected chi connectivity index (χ0v) is 10.4. The molecule has 98 valence electrons. The number of rotatable bonds is 0. The van der Waals surface area contributed by atoms with Gasteiger partial charge >= 0.3 is 6.18 Å². The SMILES string of the molecule is CC1(C)Oc2cc(O)ccc2C(C(F)(F)F)=C1Cl. The van der Waals surface area contributed by atoms with Crippen molar-refractivity contribution in [3.8, 4) is 11.5 Å². The number of hydrogen-bond donors (Lipinski definition) is 1. The molecule has 0 unspecified atom stereocenters. The van der Waals surface area contributed by atoms with Crippen molar-refractivity contribution >= 4 is 17.2 Å². The van der Waals surface area contributed by atoms with Crippen LogP contribution in [0.1, 0.15) is 19.4 Å². The van der Waals surface area contributed by atoms with Crippen molar-refractivity contribution in [2.24, 2.45) is 0 Å². The van der Waals surface area contributed by atoms with Crippen LogP contribution in [0.25, 0.3) is 5.57 Å². The van der Waals surface area contributed by atoms with Crippen molar-refractivity contribution in [3.05, 3.63) is 28.8 Å². The molecular formula is C12H10ClF3O2. The normalized spacial score (nSPS) is 18.3. The van der Waals surface area contributed by atoms with Gasteiger partial charge in [-0.3, -0.25) is 0 Å². The molecule has 18 heavy (non-hydrogen) atoms. The molecule has 0 radical (unpaired) electrons. The Balaban J connectivity index is 2.74. The number of halogens is 4. The largest absolute Gasteiger partial charge is 0.508 e. The highest BCUT2D eigenvalue weighted by Crippen LogP contribution is 2.49. The van der Waals surface area contributed by atoms with Gasteiger partial charge in [-0.2, -0.15) is 13.2 Å². The van der Waals surface area contributed by atoms with Crippen LogP contribution in [0.3, 0.4) is 0 Å². The summed E-state index contributed by atoms with van der Waals surface area (Å²) in [6, 6.07) is 3.45. The van der Waals surface area contributed by atoms with Crippen LogP contribution in [0.2, 0.25) is 0 Å². The van der Waals surface area contributed by atoms with Crippen LogP contribution in [0.5, 0.6) is 11.5 Å². The number of phenols is 1. The van der Waals surface area contributed by atoms with Crippen molar-refractivity contribution in [1.29, 1.82) is 0 Å². The van der Waals surface area contributed by atoms with E-state index in [-0.39, 0.29) is 17.1 Å². The highest BCUT2D eigenvalue weighted by molar-refractivity contribution is 6.34. The first-order valence-corrected chi connectivity index (χ1v) is 5.50. The van der Waals surface area contributed by atoms with Crippen molar-refractivity contribution in [1.82, 2.24) is 0 Å². The third-order valence-electron chi connectivity index (χ3n) is 2.63. The van der Waals surface area contributed by atoms with E-state index in [0.717, 1.165) is 18.2 Å². The summed E-state index contributed by atoms with van der Waals surface area (Å²) in [6.07, 6.45) is -4.58. The van der Waals surface area contributed by atoms with Gasteiger partial charge in [-0.15, -0.1) is 0 Å². The smallest absolute Gasteiger partial charge is 0.418 e. The van der Waals surface area contributed by atoms with Crippen LogP contribution < -0.4 is 4.74 Å². The first-order chi connectivity index (χ1) is 8.13. The summed E-state index contributed by atoms with van der Waals surface area (Å²) in [6.45, 7) is 2.88. The second-order valence-electron chi connectivity index (χ2n) is 4.48. The zero-order valence-electron chi connectivity index (χ0n) is 9.60. The Bertz CT molecular complexity index is 533. The number of aromatic hydroxyl groups is 1. The van der Waals surface area contributed by atoms with Crippen molar-refractivity contribution < 1.29 is 23.0 Å². The Morgan fingerprint density at radius 3 is 2.44 bits per heavy atom. The molecule has 1 heterocycles. The molecule has 0 spiro atoms. The van der Waals surface area contributed by atoms with Gasteiger partial charge in [-0.1, -0.05) is 11.6 Å². The van der Waals surface area contributed by atoms with Crippen LogP contribution in [0.4, 0.5) is 13.2 Å². The second-order valence-corrected chi connectivity index (χ2v) is 4.86. The number of ether oxygens (including phenoxy) is 1. The predicted octanol–water partition coefficient (Wildman–Crippen LogP) is 4.08. The highest BCUT2D eigenvalue weighted by Gasteiger charge is 2.46. The quantitative estimate of drug-likeness (QED) is 0.775. The van der Waals surface area contributed by atoms with Gasteiger partial charge in [0.2, 0.25) is 0 Å². The van der Waals surface area contributed by atoms with Crippen LogP contribution in [-0.4, -0.2) is 16.9 Å². The van der Waals surface area contributed by atoms with Gasteiger partial charge in [0.15, 0.2) is 0 Å². The molecule has 0 saturated heterocycles. The third-order valence-corrected chi connectivity index (χ3v) is 3.28. The van der Waals surface area contributed by atoms with E-state index in [9.17, 15) is 18.3 Å². The number of fused-ring (bicyclic) bond motifs is 1. The lowest BCUT2D eigenvalue weighted by Crippen LogP contribution is -2.35. The maximum Gasteiger partial charge on any atom is 0.418 e. The summed E-state index contributed by atoms with van der Waals surface area (Å²) >= 11 is 5.80. The van der Waals surface area contributed by atoms with Crippen molar-refractivity contribution in [2.75, 3.05) is 0 Å². The summed E-state index contributed by atoms with van der Waals surface area (Å²) in [7, 11) is 0. The maximum absolute atomic E-state index is 13.1. The second kappa shape index (κ2) is 3.82. The molecule has 0 saturated carbocycles. The van der Waals surface area contributed by atoms with Gasteiger partial charge in [0, 0.05) is 11.6 Å². The van der Waals surface area contributed by atoms with E-state index in [0.29, 0.717) is 0 Å². The van der Waals surface area contributed by atoms with E-state index in [1.54, 1.807) is 0 Å². The monoisotopic (exact) mass is 278 g/mol. The Morgan fingerprint density at radius 1 is 1.28 bits per heavy atom. The first kappa shape index (κ1) is 13.1. The Hall–Kier alpha value is -1.36. The van der Waals surface area contributed by atoms with Gasteiger partial charge < -0.3 is 9.84 Å². The molecule has 1 aliphatic heterocycles. The summed E-state index contributed by atoms with van der Waals surface area (Å²) in [5.74, 6) is -0.194. The summed E-state index contributed by atoms with van der Waals surface area (Å²) < 4.78 is 44.5. The van der Waals surface area contributed by atoms with Crippen LogP contribution in [-0.2, 0) is 0 Å². The lowest BCUT2D eigenvalue weighted by atomic mass is 9.94. The minimum Gasteiger partial charge on any atom is -0.508 e. The summed E-state index contributed by atoms with van der Waals surface area (Å²) in [4.78, 5) is 0. The van der Waals surface area contributed by atoms with Gasteiger partial charge in [-0.25, -0.2) is 0 Å². The molecule has 0 bridgehead atoms. The van der Waals surface area contributed by atoms with E-state index in [4.69, 9.17) is 16.3 Å². The number of allylic oxidation sites excluding steroid dienone is 1. The molecule has 2 nitrogen and oxygen atoms in total. The lowest BCUT2D eigenvalue weighted by Gasteiger charge is -2.34. The van der Waals surface area contributed by atoms with Gasteiger partial charge in [0.25, 0.3) is 0 Å². The van der Waals surface area contributed by atoms with Gasteiger partial charge in [0.05, 0.1) is 10.6 Å². The van der Waals surface area contributed by atoms with Crippen molar-refractivity contribution in [2.45, 2.75) is 25.6 Å². The summed E-state index contributed by atoms with van der Waals surface area (Å²) in [5.41, 5.74) is -2.37. The Morgan fingerprint density at radius 2 is 1.89 bits per heavy atom. The first-order valence-electron chi connectivity index (χ1n) is 5.13. The van der Waals surface area contributed by atoms with Crippen LogP contribution in [0.15, 0.2) is 23.2 Å². The molecule has 0 fully saturated rings. The molecule has 2 rings (SSSR count). The summed E-state index contributed by atoms with van der Waals surface area (Å²) in [5, 5.41) is 8.91. The molecule has 0 atom stereocenters. The van der Waals surface area contributed by atoms with Crippen LogP contribution in [0, 0.1) is 0 Å². The molecular weight excluding hydrogens is 269 g/mol. The van der Waals surface area contributed by atoms with E-state index in [2.05, 4.69) is 0 Å². The molecule has 0 amide bonds. The minimum atomic E-state index is -4.58. The molecule has 1 aliphatic rings. The number of hydrogen-bond acceptors (Lipinski definition) is 2. The molecule has 1 N–H and O–H groups in total. The van der Waals surface area contributed by atoms with E-state index < -0.39 is 22.4 Å². The average Bonchev–Trinajstić information content (AvgIpc) is 2.17. The Labute approximate surface area is 107 Å². The number of alkyl halides is 3. The lowest BCUT2D eigenvalue weighted by molar-refractivity contribution is -0.0712. The van der Waals surface area contributed by atoms with E-state index in [1.165, 1.54) is 13.8 Å². The maximum atomic E-state index is 13.1. The molecule has 0 aliphatic carbocycles. The molecule has 1 aromatic carbocycles. The van der Waals surface area contributed by atoms with Crippen molar-refractivity contribution in [3.63, 3.8) is 0 Å². The number of phenolic OH excluding ortho intramolecular Hbond substituents is 1. The van der Waals surface area contributed by atoms with Gasteiger partial charge in [-0.05, 0) is 26.0 Å². The molecule has 0 aromatic heterocycles. The molecule has 6 heteroatoms. The average molecular weight is 279 g/mol. The topological polar surface area (TPSA) is 29.5 Å². The predicted molar refractivity (Wildman–Crippen MR) is 61.6 cm³/mol. The van der Waals surface area contributed by atoms with Crippen LogP contribution >= 0.6 is 11.6 Å². The third kappa shape index (κ3) is 2.03. The standard InChI is InChI=1S/C12H10ClF3O2/c1-11(2)10(13)9(12(14,15)16)7-4-3-6(17)5-8(7)18-11/h3-5,17H,1-2H3.